The average Bonchev–Trinajstić information content (AvgIpc) is 2.79. The minimum Gasteiger partial charge on any atom is -0.453 e. The van der Waals surface area contributed by atoms with Gasteiger partial charge in [-0.3, -0.25) is 4.79 Å². The first-order valence-electron chi connectivity index (χ1n) is 10.2. The number of nitrogens with one attached hydrogen (secondary N) is 1. The van der Waals surface area contributed by atoms with Gasteiger partial charge in [0.1, 0.15) is 5.82 Å². The molecule has 0 radical (unpaired) electrons. The second-order valence-corrected chi connectivity index (χ2v) is 7.37. The van der Waals surface area contributed by atoms with Crippen molar-refractivity contribution in [1.82, 2.24) is 24.8 Å². The van der Waals surface area contributed by atoms with Crippen LogP contribution in [0.3, 0.4) is 0 Å². The first-order valence-corrected chi connectivity index (χ1v) is 10.2. The highest BCUT2D eigenvalue weighted by molar-refractivity contribution is 5.78. The number of aromatic nitrogens is 4. The Bertz CT molecular complexity index is 1020. The molecule has 0 bridgehead atoms. The van der Waals surface area contributed by atoms with Crippen LogP contribution in [0.5, 0.6) is 6.01 Å². The Labute approximate surface area is 181 Å². The van der Waals surface area contributed by atoms with E-state index in [4.69, 9.17) is 4.74 Å². The Morgan fingerprint density at radius 2 is 1.74 bits per heavy atom. The summed E-state index contributed by atoms with van der Waals surface area (Å²) < 4.78 is 5.37. The maximum absolute atomic E-state index is 12.4. The molecule has 1 amide bonds. The molecule has 1 aliphatic rings. The molecule has 1 aliphatic heterocycles. The molecule has 0 atom stereocenters. The van der Waals surface area contributed by atoms with E-state index in [0.29, 0.717) is 32.1 Å². The van der Waals surface area contributed by atoms with E-state index in [-0.39, 0.29) is 18.5 Å². The van der Waals surface area contributed by atoms with Crippen LogP contribution < -0.4 is 15.0 Å². The Balaban J connectivity index is 1.34. The molecule has 0 aliphatic carbocycles. The first kappa shape index (κ1) is 20.5. The molecule has 9 heteroatoms. The average molecular weight is 419 g/mol. The number of benzene rings is 1. The van der Waals surface area contributed by atoms with Gasteiger partial charge in [-0.15, -0.1) is 0 Å². The van der Waals surface area contributed by atoms with E-state index in [2.05, 4.69) is 49.2 Å². The molecule has 160 valence electrons. The maximum atomic E-state index is 12.4. The summed E-state index contributed by atoms with van der Waals surface area (Å²) in [5.74, 6) is 1.33. The molecule has 9 nitrogen and oxygen atoms in total. The highest BCUT2D eigenvalue weighted by Crippen LogP contribution is 2.20. The Morgan fingerprint density at radius 3 is 2.45 bits per heavy atom. The third kappa shape index (κ3) is 5.44. The van der Waals surface area contributed by atoms with Crippen molar-refractivity contribution in [2.24, 2.45) is 0 Å². The van der Waals surface area contributed by atoms with Gasteiger partial charge < -0.3 is 19.9 Å². The minimum absolute atomic E-state index is 0.0738. The molecular formula is C22H25N7O2. The number of piperazine rings is 1. The van der Waals surface area contributed by atoms with Crippen LogP contribution in [-0.4, -0.2) is 63.5 Å². The third-order valence-corrected chi connectivity index (χ3v) is 4.95. The largest absolute Gasteiger partial charge is 0.453 e. The number of carbonyl (C=O) groups is 1. The monoisotopic (exact) mass is 419 g/mol. The predicted octanol–water partition coefficient (Wildman–Crippen LogP) is 2.35. The highest BCUT2D eigenvalue weighted by Gasteiger charge is 2.23. The van der Waals surface area contributed by atoms with Gasteiger partial charge in [-0.2, -0.15) is 4.98 Å². The van der Waals surface area contributed by atoms with Gasteiger partial charge in [0.25, 0.3) is 5.91 Å². The van der Waals surface area contributed by atoms with Crippen molar-refractivity contribution in [3.8, 4) is 6.01 Å². The zero-order chi connectivity index (χ0) is 21.6. The van der Waals surface area contributed by atoms with Gasteiger partial charge in [0.2, 0.25) is 5.95 Å². The van der Waals surface area contributed by atoms with Crippen molar-refractivity contribution in [1.29, 1.82) is 0 Å². The molecule has 4 rings (SSSR count). The number of amides is 1. The molecule has 0 unspecified atom stereocenters. The molecule has 1 N–H and O–H groups in total. The minimum atomic E-state index is -0.0843. The molecule has 1 saturated heterocycles. The van der Waals surface area contributed by atoms with Gasteiger partial charge in [0.05, 0.1) is 0 Å². The van der Waals surface area contributed by atoms with E-state index >= 15 is 0 Å². The SMILES string of the molecule is Cc1ccc(Nc2cc(C)nc(N3CCN(C(=O)COc4ncccn4)CC3)n2)cc1. The standard InChI is InChI=1S/C22H25N7O2/c1-16-4-6-18(7-5-16)26-19-14-17(2)25-21(27-19)29-12-10-28(11-13-29)20(30)15-31-22-23-8-3-9-24-22/h3-9,14H,10-13,15H2,1-2H3,(H,25,26,27). The van der Waals surface area contributed by atoms with Crippen molar-refractivity contribution < 1.29 is 9.53 Å². The van der Waals surface area contributed by atoms with Gasteiger partial charge >= 0.3 is 6.01 Å². The summed E-state index contributed by atoms with van der Waals surface area (Å²) in [6.45, 7) is 6.40. The van der Waals surface area contributed by atoms with E-state index in [1.807, 2.05) is 25.1 Å². The quantitative estimate of drug-likeness (QED) is 0.650. The molecule has 3 aromatic rings. The van der Waals surface area contributed by atoms with Gasteiger partial charge in [-0.05, 0) is 32.0 Å². The van der Waals surface area contributed by atoms with Crippen molar-refractivity contribution in [2.45, 2.75) is 13.8 Å². The lowest BCUT2D eigenvalue weighted by Gasteiger charge is -2.34. The number of aryl methyl sites for hydroxylation is 2. The summed E-state index contributed by atoms with van der Waals surface area (Å²) in [5.41, 5.74) is 3.07. The van der Waals surface area contributed by atoms with Crippen molar-refractivity contribution in [3.05, 3.63) is 60.0 Å². The van der Waals surface area contributed by atoms with Gasteiger partial charge in [-0.25, -0.2) is 15.0 Å². The molecule has 1 aromatic carbocycles. The third-order valence-electron chi connectivity index (χ3n) is 4.95. The topological polar surface area (TPSA) is 96.4 Å². The van der Waals surface area contributed by atoms with Crippen LogP contribution in [0.4, 0.5) is 17.5 Å². The van der Waals surface area contributed by atoms with Crippen LogP contribution >= 0.6 is 0 Å². The Kier molecular flexibility index (Phi) is 6.21. The second-order valence-electron chi connectivity index (χ2n) is 7.37. The summed E-state index contributed by atoms with van der Waals surface area (Å²) in [5, 5.41) is 3.34. The zero-order valence-electron chi connectivity index (χ0n) is 17.7. The van der Waals surface area contributed by atoms with Crippen LogP contribution in [0.1, 0.15) is 11.3 Å². The van der Waals surface area contributed by atoms with Crippen LogP contribution in [0.25, 0.3) is 0 Å². The zero-order valence-corrected chi connectivity index (χ0v) is 17.7. The molecule has 0 saturated carbocycles. The molecule has 31 heavy (non-hydrogen) atoms. The number of hydrogen-bond donors (Lipinski definition) is 1. The Morgan fingerprint density at radius 1 is 1.03 bits per heavy atom. The van der Waals surface area contributed by atoms with Crippen LogP contribution in [0, 0.1) is 13.8 Å². The fourth-order valence-corrected chi connectivity index (χ4v) is 3.28. The lowest BCUT2D eigenvalue weighted by Crippen LogP contribution is -2.50. The summed E-state index contributed by atoms with van der Waals surface area (Å²) >= 11 is 0. The van der Waals surface area contributed by atoms with Crippen LogP contribution in [0.15, 0.2) is 48.8 Å². The van der Waals surface area contributed by atoms with Crippen molar-refractivity contribution >= 4 is 23.4 Å². The first-order chi connectivity index (χ1) is 15.1. The summed E-state index contributed by atoms with van der Waals surface area (Å²) in [7, 11) is 0. The number of anilines is 3. The molecular weight excluding hydrogens is 394 g/mol. The predicted molar refractivity (Wildman–Crippen MR) is 118 cm³/mol. The number of carbonyl (C=O) groups excluding carboxylic acids is 1. The highest BCUT2D eigenvalue weighted by atomic mass is 16.5. The van der Waals surface area contributed by atoms with Crippen LogP contribution in [0.2, 0.25) is 0 Å². The maximum Gasteiger partial charge on any atom is 0.316 e. The summed E-state index contributed by atoms with van der Waals surface area (Å²) in [4.78, 5) is 33.5. The van der Waals surface area contributed by atoms with E-state index < -0.39 is 0 Å². The van der Waals surface area contributed by atoms with E-state index in [1.165, 1.54) is 5.56 Å². The van der Waals surface area contributed by atoms with Crippen LogP contribution in [-0.2, 0) is 4.79 Å². The van der Waals surface area contributed by atoms with Crippen molar-refractivity contribution in [3.63, 3.8) is 0 Å². The normalized spacial score (nSPS) is 13.7. The number of nitrogens with zero attached hydrogens (tertiary/aromatic N) is 6. The second kappa shape index (κ2) is 9.38. The van der Waals surface area contributed by atoms with Crippen molar-refractivity contribution in [2.75, 3.05) is 43.0 Å². The Hall–Kier alpha value is -3.75. The smallest absolute Gasteiger partial charge is 0.316 e. The van der Waals surface area contributed by atoms with Gasteiger partial charge in [0, 0.05) is 56.0 Å². The van der Waals surface area contributed by atoms with Gasteiger partial charge in [0.15, 0.2) is 6.61 Å². The lowest BCUT2D eigenvalue weighted by atomic mass is 10.2. The number of ether oxygens (including phenoxy) is 1. The number of hydrogen-bond acceptors (Lipinski definition) is 8. The summed E-state index contributed by atoms with van der Waals surface area (Å²) in [6, 6.07) is 12.0. The van der Waals surface area contributed by atoms with Gasteiger partial charge in [-0.1, -0.05) is 17.7 Å². The number of rotatable bonds is 6. The molecule has 2 aromatic heterocycles. The molecule has 0 spiro atoms. The van der Waals surface area contributed by atoms with E-state index in [9.17, 15) is 4.79 Å². The molecule has 1 fully saturated rings. The fraction of sp³-hybridized carbons (Fsp3) is 0.318. The summed E-state index contributed by atoms with van der Waals surface area (Å²) in [6.07, 6.45) is 3.16. The van der Waals surface area contributed by atoms with E-state index in [1.54, 1.807) is 23.4 Å². The van der Waals surface area contributed by atoms with E-state index in [0.717, 1.165) is 17.2 Å². The molecule has 3 heterocycles. The lowest BCUT2D eigenvalue weighted by molar-refractivity contribution is -0.133. The fourth-order valence-electron chi connectivity index (χ4n) is 3.28.